The molecule has 5 nitrogen and oxygen atoms in total. The number of hydrogen-bond donors (Lipinski definition) is 2. The highest BCUT2D eigenvalue weighted by atomic mass is 16.5. The normalized spacial score (nSPS) is 22.2. The molecular weight excluding hydrogens is 292 g/mol. The molecule has 126 valence electrons. The van der Waals surface area contributed by atoms with Crippen LogP contribution in [0.2, 0.25) is 0 Å². The highest BCUT2D eigenvalue weighted by molar-refractivity contribution is 5.74. The number of carbonyl (C=O) groups excluding carboxylic acids is 1. The summed E-state index contributed by atoms with van der Waals surface area (Å²) >= 11 is 0. The largest absolute Gasteiger partial charge is 0.497 e. The van der Waals surface area contributed by atoms with Gasteiger partial charge in [0.1, 0.15) is 5.75 Å². The minimum atomic E-state index is -0.0803. The van der Waals surface area contributed by atoms with Gasteiger partial charge in [-0.05, 0) is 55.2 Å². The van der Waals surface area contributed by atoms with E-state index in [2.05, 4.69) is 10.6 Å². The van der Waals surface area contributed by atoms with Gasteiger partial charge in [0, 0.05) is 13.2 Å². The van der Waals surface area contributed by atoms with Crippen LogP contribution < -0.4 is 15.4 Å². The molecule has 0 unspecified atom stereocenters. The summed E-state index contributed by atoms with van der Waals surface area (Å²) in [6.45, 7) is 2.29. The maximum absolute atomic E-state index is 12.2. The van der Waals surface area contributed by atoms with Crippen molar-refractivity contribution in [3.8, 4) is 5.75 Å². The Morgan fingerprint density at radius 1 is 1.30 bits per heavy atom. The summed E-state index contributed by atoms with van der Waals surface area (Å²) in [6, 6.07) is 7.98. The first-order chi connectivity index (χ1) is 11.3. The molecule has 2 amide bonds. The van der Waals surface area contributed by atoms with Crippen molar-refractivity contribution in [2.45, 2.75) is 31.7 Å². The van der Waals surface area contributed by atoms with Crippen LogP contribution in [0.3, 0.4) is 0 Å². The number of methoxy groups -OCH3 is 1. The predicted octanol–water partition coefficient (Wildman–Crippen LogP) is 2.87. The number of nitrogens with one attached hydrogen (secondary N) is 2. The molecule has 2 aliphatic rings. The lowest BCUT2D eigenvalue weighted by Crippen LogP contribution is -2.42. The second-order valence-electron chi connectivity index (χ2n) is 6.53. The second-order valence-corrected chi connectivity index (χ2v) is 6.53. The van der Waals surface area contributed by atoms with Crippen LogP contribution in [0.5, 0.6) is 5.75 Å². The van der Waals surface area contributed by atoms with Gasteiger partial charge in [-0.25, -0.2) is 4.79 Å². The van der Waals surface area contributed by atoms with E-state index in [1.54, 1.807) is 7.11 Å². The van der Waals surface area contributed by atoms with Gasteiger partial charge in [0.15, 0.2) is 0 Å². The van der Waals surface area contributed by atoms with E-state index in [1.165, 1.54) is 12.8 Å². The maximum Gasteiger partial charge on any atom is 0.315 e. The Hall–Kier alpha value is -1.75. The lowest BCUT2D eigenvalue weighted by molar-refractivity contribution is 0.0557. The number of benzene rings is 1. The van der Waals surface area contributed by atoms with Gasteiger partial charge < -0.3 is 20.1 Å². The van der Waals surface area contributed by atoms with E-state index in [9.17, 15) is 4.79 Å². The van der Waals surface area contributed by atoms with E-state index in [1.807, 2.05) is 24.3 Å². The van der Waals surface area contributed by atoms with Crippen LogP contribution in [-0.4, -0.2) is 32.9 Å². The van der Waals surface area contributed by atoms with Crippen molar-refractivity contribution in [3.63, 3.8) is 0 Å². The van der Waals surface area contributed by atoms with Crippen LogP contribution >= 0.6 is 0 Å². The highest BCUT2D eigenvalue weighted by Crippen LogP contribution is 2.41. The van der Waals surface area contributed by atoms with Crippen molar-refractivity contribution in [3.05, 3.63) is 29.8 Å². The molecule has 23 heavy (non-hydrogen) atoms. The van der Waals surface area contributed by atoms with Gasteiger partial charge in [-0.1, -0.05) is 12.1 Å². The molecule has 1 heterocycles. The summed E-state index contributed by atoms with van der Waals surface area (Å²) < 4.78 is 10.7. The maximum atomic E-state index is 12.2. The minimum Gasteiger partial charge on any atom is -0.497 e. The first kappa shape index (κ1) is 16.1. The quantitative estimate of drug-likeness (QED) is 0.848. The lowest BCUT2D eigenvalue weighted by Gasteiger charge is -2.24. The molecular formula is C18H26N2O3. The molecule has 1 saturated carbocycles. The number of hydrogen-bond acceptors (Lipinski definition) is 3. The van der Waals surface area contributed by atoms with Gasteiger partial charge in [-0.3, -0.25) is 0 Å². The summed E-state index contributed by atoms with van der Waals surface area (Å²) in [7, 11) is 1.66. The summed E-state index contributed by atoms with van der Waals surface area (Å²) in [5.74, 6) is 1.83. The molecule has 0 radical (unpaired) electrons. The summed E-state index contributed by atoms with van der Waals surface area (Å²) in [4.78, 5) is 12.2. The zero-order chi connectivity index (χ0) is 16.1. The van der Waals surface area contributed by atoms with E-state index in [4.69, 9.17) is 9.47 Å². The Labute approximate surface area is 137 Å². The molecule has 1 saturated heterocycles. The van der Waals surface area contributed by atoms with Gasteiger partial charge >= 0.3 is 6.03 Å². The molecule has 1 aromatic rings. The van der Waals surface area contributed by atoms with Crippen LogP contribution in [0.1, 0.15) is 37.3 Å². The summed E-state index contributed by atoms with van der Waals surface area (Å²) in [6.07, 6.45) is 4.57. The fourth-order valence-corrected chi connectivity index (χ4v) is 3.11. The van der Waals surface area contributed by atoms with Gasteiger partial charge in [0.25, 0.3) is 0 Å². The van der Waals surface area contributed by atoms with Crippen molar-refractivity contribution in [1.82, 2.24) is 10.6 Å². The Kier molecular flexibility index (Phi) is 5.39. The summed E-state index contributed by atoms with van der Waals surface area (Å²) in [5.41, 5.74) is 1.14. The van der Waals surface area contributed by atoms with Gasteiger partial charge in [0.05, 0.1) is 19.8 Å². The van der Waals surface area contributed by atoms with Crippen molar-refractivity contribution in [1.29, 1.82) is 0 Å². The van der Waals surface area contributed by atoms with E-state index in [0.29, 0.717) is 18.4 Å². The van der Waals surface area contributed by atoms with Crippen LogP contribution in [0.15, 0.2) is 24.3 Å². The third-order valence-electron chi connectivity index (χ3n) is 4.66. The van der Waals surface area contributed by atoms with E-state index < -0.39 is 0 Å². The third kappa shape index (κ3) is 4.61. The smallest absolute Gasteiger partial charge is 0.315 e. The Morgan fingerprint density at radius 3 is 2.70 bits per heavy atom. The van der Waals surface area contributed by atoms with Crippen LogP contribution in [0.25, 0.3) is 0 Å². The topological polar surface area (TPSA) is 59.6 Å². The first-order valence-corrected chi connectivity index (χ1v) is 8.52. The standard InChI is InChI=1S/C18H26N2O3/c1-22-16-8-6-15(7-9-16)17(14-4-5-14)20-18(21)19-11-13-3-2-10-23-12-13/h6-9,13-14,17H,2-5,10-12H2,1H3,(H2,19,20,21)/t13-,17-/m1/s1. The molecule has 0 bridgehead atoms. The molecule has 0 aromatic heterocycles. The van der Waals surface area contributed by atoms with Crippen molar-refractivity contribution >= 4 is 6.03 Å². The predicted molar refractivity (Wildman–Crippen MR) is 88.5 cm³/mol. The van der Waals surface area contributed by atoms with Crippen LogP contribution in [0.4, 0.5) is 4.79 Å². The SMILES string of the molecule is COc1ccc([C@H](NC(=O)NC[C@H]2CCCOC2)C2CC2)cc1. The first-order valence-electron chi connectivity index (χ1n) is 8.52. The number of carbonyl (C=O) groups is 1. The second kappa shape index (κ2) is 7.68. The molecule has 1 aliphatic carbocycles. The van der Waals surface area contributed by atoms with Gasteiger partial charge in [-0.15, -0.1) is 0 Å². The van der Waals surface area contributed by atoms with Gasteiger partial charge in [-0.2, -0.15) is 0 Å². The lowest BCUT2D eigenvalue weighted by atomic mass is 10.0. The zero-order valence-electron chi connectivity index (χ0n) is 13.7. The van der Waals surface area contributed by atoms with Crippen molar-refractivity contribution < 1.29 is 14.3 Å². The number of ether oxygens (including phenoxy) is 2. The van der Waals surface area contributed by atoms with Crippen LogP contribution in [0, 0.1) is 11.8 Å². The van der Waals surface area contributed by atoms with Crippen LogP contribution in [-0.2, 0) is 4.74 Å². The van der Waals surface area contributed by atoms with E-state index >= 15 is 0 Å². The highest BCUT2D eigenvalue weighted by Gasteiger charge is 2.33. The molecule has 2 N–H and O–H groups in total. The average Bonchev–Trinajstić information content (AvgIpc) is 3.44. The average molecular weight is 318 g/mol. The molecule has 2 atom stereocenters. The molecule has 5 heteroatoms. The minimum absolute atomic E-state index is 0.0803. The van der Waals surface area contributed by atoms with Crippen molar-refractivity contribution in [2.75, 3.05) is 26.9 Å². The molecule has 3 rings (SSSR count). The number of urea groups is 1. The fraction of sp³-hybridized carbons (Fsp3) is 0.611. The van der Waals surface area contributed by atoms with Crippen molar-refractivity contribution in [2.24, 2.45) is 11.8 Å². The molecule has 2 fully saturated rings. The molecule has 1 aromatic carbocycles. The molecule has 1 aliphatic heterocycles. The summed E-state index contributed by atoms with van der Waals surface area (Å²) in [5, 5.41) is 6.14. The van der Waals surface area contributed by atoms with E-state index in [-0.39, 0.29) is 12.1 Å². The number of amides is 2. The molecule has 0 spiro atoms. The monoisotopic (exact) mass is 318 g/mol. The third-order valence-corrected chi connectivity index (χ3v) is 4.66. The fourth-order valence-electron chi connectivity index (χ4n) is 3.11. The Morgan fingerprint density at radius 2 is 2.09 bits per heavy atom. The van der Waals surface area contributed by atoms with E-state index in [0.717, 1.165) is 37.4 Å². The van der Waals surface area contributed by atoms with Gasteiger partial charge in [0.2, 0.25) is 0 Å². The number of rotatable bonds is 6. The zero-order valence-corrected chi connectivity index (χ0v) is 13.7. The Balaban J connectivity index is 1.52. The Bertz CT molecular complexity index is 508.